The number of fused-ring (bicyclic) bond motifs is 2. The fraction of sp³-hybridized carbons (Fsp3) is 0.380. The van der Waals surface area contributed by atoms with Crippen LogP contribution in [-0.2, 0) is 38.7 Å². The molecule has 1 unspecified atom stereocenters. The maximum Gasteiger partial charge on any atom is 0.301 e. The summed E-state index contributed by atoms with van der Waals surface area (Å²) in [6.07, 6.45) is 2.25. The van der Waals surface area contributed by atoms with Crippen molar-refractivity contribution in [1.29, 1.82) is 0 Å². The summed E-state index contributed by atoms with van der Waals surface area (Å²) in [4.78, 5) is 60.6. The van der Waals surface area contributed by atoms with E-state index in [4.69, 9.17) is 33.2 Å². The molecule has 0 bridgehead atoms. The number of anilines is 1. The molecule has 5 aromatic rings. The number of allylic oxidation sites excluding steroid dienone is 1. The van der Waals surface area contributed by atoms with Gasteiger partial charge in [0.1, 0.15) is 48.4 Å². The molecule has 73 heavy (non-hydrogen) atoms. The minimum Gasteiger partial charge on any atom is -0.491 e. The van der Waals surface area contributed by atoms with Crippen LogP contribution >= 0.6 is 0 Å². The molecule has 5 heterocycles. The number of benzene rings is 3. The predicted octanol–water partition coefficient (Wildman–Crippen LogP) is 5.37. The molecule has 8 rings (SSSR count). The maximum atomic E-state index is 15.7. The number of hydrogen-bond donors (Lipinski definition) is 3. The second-order valence-corrected chi connectivity index (χ2v) is 18.5. The number of nitrogens with zero attached hydrogens (tertiary/aromatic N) is 3. The molecule has 3 aliphatic heterocycles. The van der Waals surface area contributed by atoms with E-state index in [2.05, 4.69) is 21.9 Å². The Kier molecular flexibility index (Phi) is 17.5. The minimum atomic E-state index is -4.37. The van der Waals surface area contributed by atoms with Crippen LogP contribution in [0.5, 0.6) is 11.5 Å². The van der Waals surface area contributed by atoms with E-state index in [-0.39, 0.29) is 66.3 Å². The molecule has 0 aliphatic carbocycles. The van der Waals surface area contributed by atoms with Gasteiger partial charge < -0.3 is 43.5 Å². The van der Waals surface area contributed by atoms with Crippen LogP contribution in [0.1, 0.15) is 55.9 Å². The van der Waals surface area contributed by atoms with Gasteiger partial charge in [0.25, 0.3) is 11.8 Å². The Hall–Kier alpha value is -6.73. The zero-order chi connectivity index (χ0) is 51.5. The van der Waals surface area contributed by atoms with E-state index in [1.54, 1.807) is 54.7 Å². The number of H-pyrrole nitrogens is 1. The Morgan fingerprint density at radius 3 is 2.07 bits per heavy atom. The molecule has 2 atom stereocenters. The van der Waals surface area contributed by atoms with Crippen molar-refractivity contribution < 1.29 is 73.9 Å². The standard InChI is InChI=1S/C50H53F3N6O13S/c1-31-5-12-41(48(61)56-31)59-49(62)36-3-2-4-42(43(36)50(59)63)72-26-24-70-22-20-68-18-16-66-15-17-67-19-21-69-23-25-71-35-8-6-32(7-9-35)33-27-37-38(29-55-47(37)54-28-33)46(60)44-39(52)10-11-40(45(44)53)57-73(64,65)58-14-13-34(51)30-58/h2-4,6-11,27-29,34,41,57H,1,5,12-26,30H2,(H,54,55)(H,56,61)/t34-,41?/m1/s1. The summed E-state index contributed by atoms with van der Waals surface area (Å²) in [7, 11) is -4.37. The van der Waals surface area contributed by atoms with E-state index in [0.29, 0.717) is 94.9 Å². The van der Waals surface area contributed by atoms with E-state index >= 15 is 8.78 Å². The summed E-state index contributed by atoms with van der Waals surface area (Å²) in [5.41, 5.74) is 0.768. The van der Waals surface area contributed by atoms with Crippen LogP contribution in [0, 0.1) is 11.6 Å². The van der Waals surface area contributed by atoms with Crippen LogP contribution in [0.3, 0.4) is 0 Å². The molecular formula is C50H53F3N6O13S. The number of rotatable bonds is 27. The lowest BCUT2D eigenvalue weighted by atomic mass is 10.00. The van der Waals surface area contributed by atoms with Gasteiger partial charge in [-0.2, -0.15) is 12.7 Å². The van der Waals surface area contributed by atoms with Crippen molar-refractivity contribution in [2.45, 2.75) is 31.5 Å². The van der Waals surface area contributed by atoms with Gasteiger partial charge >= 0.3 is 10.2 Å². The summed E-state index contributed by atoms with van der Waals surface area (Å²) < 4.78 is 112. The molecule has 388 valence electrons. The Morgan fingerprint density at radius 1 is 0.795 bits per heavy atom. The molecule has 3 amide bonds. The van der Waals surface area contributed by atoms with Crippen molar-refractivity contribution >= 4 is 50.4 Å². The first-order valence-electron chi connectivity index (χ1n) is 23.5. The number of aromatic amines is 1. The largest absolute Gasteiger partial charge is 0.491 e. The van der Waals surface area contributed by atoms with Crippen molar-refractivity contribution in [3.05, 3.63) is 119 Å². The number of imide groups is 1. The van der Waals surface area contributed by atoms with Gasteiger partial charge in [0.15, 0.2) is 5.82 Å². The number of ether oxygens (including phenoxy) is 7. The average molecular weight is 1040 g/mol. The first kappa shape index (κ1) is 52.6. The molecule has 2 fully saturated rings. The third kappa shape index (κ3) is 12.7. The zero-order valence-electron chi connectivity index (χ0n) is 39.5. The molecule has 19 nitrogen and oxygen atoms in total. The molecular weight excluding hydrogens is 982 g/mol. The average Bonchev–Trinajstić information content (AvgIpc) is 4.09. The summed E-state index contributed by atoms with van der Waals surface area (Å²) in [5.74, 6) is -4.36. The normalized spacial score (nSPS) is 17.1. The number of ketones is 1. The molecule has 23 heteroatoms. The van der Waals surface area contributed by atoms with Crippen molar-refractivity contribution in [2.24, 2.45) is 0 Å². The summed E-state index contributed by atoms with van der Waals surface area (Å²) in [6.45, 7) is 6.98. The van der Waals surface area contributed by atoms with Crippen LogP contribution < -0.4 is 19.5 Å². The quantitative estimate of drug-likeness (QED) is 0.0342. The zero-order valence-corrected chi connectivity index (χ0v) is 40.3. The van der Waals surface area contributed by atoms with Crippen molar-refractivity contribution in [3.63, 3.8) is 0 Å². The van der Waals surface area contributed by atoms with E-state index in [0.717, 1.165) is 21.3 Å². The maximum absolute atomic E-state index is 15.7. The lowest BCUT2D eigenvalue weighted by Crippen LogP contribution is -2.51. The van der Waals surface area contributed by atoms with Crippen LogP contribution in [0.2, 0.25) is 0 Å². The number of hydrogen-bond acceptors (Lipinski definition) is 14. The number of amides is 3. The summed E-state index contributed by atoms with van der Waals surface area (Å²) in [6, 6.07) is 14.2. The fourth-order valence-corrected chi connectivity index (χ4v) is 9.54. The molecule has 3 aliphatic rings. The number of aromatic nitrogens is 2. The van der Waals surface area contributed by atoms with Gasteiger partial charge in [0.05, 0.1) is 88.4 Å². The summed E-state index contributed by atoms with van der Waals surface area (Å²) in [5, 5.41) is 2.90. The highest BCUT2D eigenvalue weighted by atomic mass is 32.2. The van der Waals surface area contributed by atoms with Gasteiger partial charge in [-0.25, -0.2) is 18.2 Å². The van der Waals surface area contributed by atoms with Crippen LogP contribution in [0.15, 0.2) is 85.3 Å². The molecule has 3 N–H and O–H groups in total. The van der Waals surface area contributed by atoms with Gasteiger partial charge in [-0.3, -0.25) is 28.8 Å². The first-order valence-corrected chi connectivity index (χ1v) is 24.9. The Labute approximate surface area is 418 Å². The molecule has 0 radical (unpaired) electrons. The predicted molar refractivity (Wildman–Crippen MR) is 257 cm³/mol. The monoisotopic (exact) mass is 1030 g/mol. The highest BCUT2D eigenvalue weighted by molar-refractivity contribution is 7.90. The third-order valence-electron chi connectivity index (χ3n) is 12.0. The van der Waals surface area contributed by atoms with E-state index in [1.807, 2.05) is 4.72 Å². The highest BCUT2D eigenvalue weighted by Gasteiger charge is 2.45. The lowest BCUT2D eigenvalue weighted by Gasteiger charge is -2.29. The lowest BCUT2D eigenvalue weighted by molar-refractivity contribution is -0.125. The number of pyridine rings is 1. The van der Waals surface area contributed by atoms with Crippen LogP contribution in [0.25, 0.3) is 22.2 Å². The molecule has 0 saturated carbocycles. The van der Waals surface area contributed by atoms with E-state index in [1.165, 1.54) is 6.20 Å². The SMILES string of the molecule is C=C1CCC(N2C(=O)c3cccc(OCCOCCOCCOCCOCCOCCOc4ccc(-c5cnc6[nH]cc(C(=O)c7c(F)ccc(NS(=O)(=O)N8CC[C@@H](F)C8)c7F)c6c5)cc4)c3C2=O)C(=O)N1. The van der Waals surface area contributed by atoms with Gasteiger partial charge in [-0.1, -0.05) is 24.8 Å². The Bertz CT molecular complexity index is 2940. The number of piperidine rings is 1. The Morgan fingerprint density at radius 2 is 1.44 bits per heavy atom. The van der Waals surface area contributed by atoms with Crippen molar-refractivity contribution in [2.75, 3.05) is 97.1 Å². The minimum absolute atomic E-state index is 0.0104. The van der Waals surface area contributed by atoms with Crippen molar-refractivity contribution in [3.8, 4) is 22.6 Å². The van der Waals surface area contributed by atoms with E-state index < -0.39 is 75.4 Å². The fourth-order valence-electron chi connectivity index (χ4n) is 8.27. The van der Waals surface area contributed by atoms with Gasteiger partial charge in [0.2, 0.25) is 11.7 Å². The molecule has 0 spiro atoms. The van der Waals surface area contributed by atoms with Crippen LogP contribution in [0.4, 0.5) is 18.9 Å². The molecule has 3 aromatic carbocycles. The number of alkyl halides is 1. The number of carbonyl (C=O) groups is 4. The second-order valence-electron chi connectivity index (χ2n) is 16.9. The van der Waals surface area contributed by atoms with Gasteiger partial charge in [-0.15, -0.1) is 0 Å². The molecule has 2 saturated heterocycles. The number of halogens is 3. The third-order valence-corrected chi connectivity index (χ3v) is 13.5. The molecule has 2 aromatic heterocycles. The number of nitrogens with one attached hydrogen (secondary N) is 3. The number of carbonyl (C=O) groups excluding carboxylic acids is 4. The summed E-state index contributed by atoms with van der Waals surface area (Å²) >= 11 is 0. The van der Waals surface area contributed by atoms with Crippen molar-refractivity contribution in [1.82, 2.24) is 24.5 Å². The van der Waals surface area contributed by atoms with Gasteiger partial charge in [0, 0.05) is 47.7 Å². The van der Waals surface area contributed by atoms with Crippen LogP contribution in [-0.4, -0.2) is 156 Å². The smallest absolute Gasteiger partial charge is 0.301 e. The van der Waals surface area contributed by atoms with E-state index in [9.17, 15) is 32.0 Å². The van der Waals surface area contributed by atoms with Gasteiger partial charge in [-0.05, 0) is 67.3 Å². The Balaban J connectivity index is 0.658. The second kappa shape index (κ2) is 24.3. The first-order chi connectivity index (χ1) is 35.3. The highest BCUT2D eigenvalue weighted by Crippen LogP contribution is 2.35. The topological polar surface area (TPSA) is 226 Å².